The smallest absolute Gasteiger partial charge is 0.354 e. The molecule has 2 aliphatic heterocycles. The fraction of sp³-hybridized carbons (Fsp3) is 0.926. The van der Waals surface area contributed by atoms with Crippen LogP contribution < -0.4 is 10.6 Å². The van der Waals surface area contributed by atoms with E-state index < -0.39 is 334 Å². The van der Waals surface area contributed by atoms with Crippen LogP contribution in [0.5, 0.6) is 0 Å². The number of ether oxygens (including phenoxy) is 4. The topological polar surface area (TPSA) is 1110 Å². The van der Waals surface area contributed by atoms with Gasteiger partial charge in [0.25, 0.3) is 11.8 Å². The highest BCUT2D eigenvalue weighted by Crippen LogP contribution is 2.36. The van der Waals surface area contributed by atoms with Gasteiger partial charge in [0.2, 0.25) is 0 Å². The predicted molar refractivity (Wildman–Crippen MR) is 325 cm³/mol. The standard InChI is InChI=1S/C27H50N2O70S16/c30-24(20(96-112(68,69)70)16(92-108(56,57)58)14(90-106(50,51)52)10(86-102(38,39)40)4-80-26-22(98-114(74,75)76)18(94-110(62,63)64)12(88-104(44,45)46)8(84-26)6-82-100(32,33)34)28-2-1-3-29-25(31)21(97-113(71,72)73)17(93-109(59,60)61)15(91-107(53,54)55)11(87-103(41,42)43)5-81-27-23(99-115(77,78)79)19(95-111(65,66)67)13(89-105(47,48)49)9(85-27)7-83-101(35,36)37/h8-23,26-27H,1-7H2,(H,28,30)(H,29,31)(H,32,33,34)(H,35,36,37)(H,38,39,40)(H,41,42,43)(H,44,45,46)(H,47,48,49)(H,50,51,52)(H,53,54,55)(H,56,57,58)(H,59,60,61)(H,62,63,64)(H,65,66,67)(H,68,69,70)(H,71,72,73)(H,74,75,76)(H,77,78,79)/t8-,9+,10-,11+,12+,13-,14-,15-,16+,17+,18+,19-,20-,21-,22-,23+,26+,27-/m1/s1. The second kappa shape index (κ2) is 40.4. The van der Waals surface area contributed by atoms with E-state index in [4.69, 9.17) is 28.1 Å². The van der Waals surface area contributed by atoms with Crippen LogP contribution in [0.25, 0.3) is 0 Å². The van der Waals surface area contributed by atoms with Crippen LogP contribution in [0.3, 0.4) is 0 Å². The fourth-order valence-electron chi connectivity index (χ4n) is 8.39. The van der Waals surface area contributed by atoms with Gasteiger partial charge in [0.15, 0.2) is 37.0 Å². The summed E-state index contributed by atoms with van der Waals surface area (Å²) in [5, 5.41) is 2.60. The monoisotopic (exact) mass is 2030 g/mol. The lowest BCUT2D eigenvalue weighted by atomic mass is 9.99. The van der Waals surface area contributed by atoms with E-state index >= 15 is 0 Å². The highest BCUT2D eigenvalue weighted by atomic mass is 32.3. The third-order valence-electron chi connectivity index (χ3n) is 11.5. The maximum Gasteiger partial charge on any atom is 0.398 e. The van der Waals surface area contributed by atoms with Crippen molar-refractivity contribution in [3.05, 3.63) is 0 Å². The zero-order valence-corrected chi connectivity index (χ0v) is 66.1. The number of hydrogen-bond acceptors (Lipinski definition) is 54. The molecule has 18 N–H and O–H groups in total. The van der Waals surface area contributed by atoms with Gasteiger partial charge in [0.1, 0.15) is 73.2 Å². The molecule has 0 radical (unpaired) electrons. The third-order valence-corrected chi connectivity index (χ3v) is 18.9. The molecule has 684 valence electrons. The molecule has 2 saturated heterocycles. The zero-order chi connectivity index (χ0) is 90.1. The van der Waals surface area contributed by atoms with Crippen molar-refractivity contribution in [3.63, 3.8) is 0 Å². The highest BCUT2D eigenvalue weighted by molar-refractivity contribution is 7.84. The first-order chi connectivity index (χ1) is 50.8. The van der Waals surface area contributed by atoms with Gasteiger partial charge in [-0.25, -0.2) is 66.9 Å². The lowest BCUT2D eigenvalue weighted by molar-refractivity contribution is -0.292. The van der Waals surface area contributed by atoms with Crippen molar-refractivity contribution in [2.24, 2.45) is 0 Å². The first kappa shape index (κ1) is 108. The van der Waals surface area contributed by atoms with E-state index in [1.807, 2.05) is 0 Å². The molecule has 0 aliphatic carbocycles. The summed E-state index contributed by atoms with van der Waals surface area (Å²) in [4.78, 5) is 27.8. The zero-order valence-electron chi connectivity index (χ0n) is 53.1. The minimum Gasteiger partial charge on any atom is -0.354 e. The SMILES string of the molecule is O=C(NCCCNC(=O)[C@H](OS(=O)(=O)O)[C@@H](OS(=O)(=O)O)[C@H](OS(=O)(=O)O)[C@@H](CO[C@H]1O[C@H](COS(=O)(=O)O)[C@H](OS(=O)(=O)O)[C@H](OS(=O)(=O)O)[C@H]1OS(=O)(=O)O)OS(=O)(=O)O)[C@H](OS(=O)(=O)O)[C@@H](OS(=O)(=O)O)[C@H](OS(=O)(=O)O)[C@H](CO[C@@H]1O[C@@H](COS(=O)(=O)O)[C@@H](OS(=O)(=O)O)[C@@H](OS(=O)(=O)O)[C@@H]1OS(=O)(=O)O)OS(=O)(=O)O. The van der Waals surface area contributed by atoms with Crippen LogP contribution in [0.1, 0.15) is 6.42 Å². The number of carbonyl (C=O) groups excluding carboxylic acids is 2. The van der Waals surface area contributed by atoms with Gasteiger partial charge < -0.3 is 29.6 Å². The van der Waals surface area contributed by atoms with Gasteiger partial charge in [-0.1, -0.05) is 0 Å². The number of amides is 2. The minimum atomic E-state index is -6.85. The summed E-state index contributed by atoms with van der Waals surface area (Å²) in [5.74, 6) is -5.42. The van der Waals surface area contributed by atoms with Crippen molar-refractivity contribution in [2.45, 2.75) is 117 Å². The summed E-state index contributed by atoms with van der Waals surface area (Å²) < 4.78 is 623. The Balaban J connectivity index is 3.01. The average molecular weight is 2040 g/mol. The number of hydrogen-bond donors (Lipinski definition) is 18. The van der Waals surface area contributed by atoms with Crippen molar-refractivity contribution in [1.82, 2.24) is 10.6 Å². The largest absolute Gasteiger partial charge is 0.398 e. The molecule has 72 nitrogen and oxygen atoms in total. The van der Waals surface area contributed by atoms with Gasteiger partial charge in [-0.3, -0.25) is 82.4 Å². The maximum atomic E-state index is 13.9. The molecular weight excluding hydrogens is 1990 g/mol. The van der Waals surface area contributed by atoms with E-state index in [0.29, 0.717) is 0 Å². The van der Waals surface area contributed by atoms with E-state index in [1.54, 1.807) is 0 Å². The van der Waals surface area contributed by atoms with E-state index in [9.17, 15) is 208 Å². The molecule has 0 aromatic rings. The Morgan fingerprint density at radius 3 is 0.704 bits per heavy atom. The summed E-state index contributed by atoms with van der Waals surface area (Å²) in [5.41, 5.74) is 0. The van der Waals surface area contributed by atoms with Crippen LogP contribution in [0, 0.1) is 0 Å². The summed E-state index contributed by atoms with van der Waals surface area (Å²) in [6.45, 7) is -12.9. The summed E-state index contributed by atoms with van der Waals surface area (Å²) in [7, 11) is -105. The molecule has 0 bridgehead atoms. The molecule has 0 aromatic carbocycles. The Bertz CT molecular complexity index is 5030. The Morgan fingerprint density at radius 2 is 0.487 bits per heavy atom. The van der Waals surface area contributed by atoms with Crippen molar-refractivity contribution in [3.8, 4) is 0 Å². The van der Waals surface area contributed by atoms with E-state index in [2.05, 4.69) is 66.9 Å². The van der Waals surface area contributed by atoms with Gasteiger partial charge in [-0.15, -0.1) is 0 Å². The van der Waals surface area contributed by atoms with E-state index in [1.165, 1.54) is 10.6 Å². The average Bonchev–Trinajstić information content (AvgIpc) is 0.776. The normalized spacial score (nSPS) is 24.3. The summed E-state index contributed by atoms with van der Waals surface area (Å²) in [6, 6.07) is 0. The van der Waals surface area contributed by atoms with Crippen LogP contribution in [0.4, 0.5) is 0 Å². The highest BCUT2D eigenvalue weighted by Gasteiger charge is 2.59. The first-order valence-electron chi connectivity index (χ1n) is 26.3. The third kappa shape index (κ3) is 46.0. The molecule has 0 spiro atoms. The van der Waals surface area contributed by atoms with Gasteiger partial charge in [-0.05, 0) is 6.42 Å². The second-order valence-electron chi connectivity index (χ2n) is 20.0. The van der Waals surface area contributed by atoms with Gasteiger partial charge in [0, 0.05) is 13.1 Å². The van der Waals surface area contributed by atoms with Gasteiger partial charge in [0.05, 0.1) is 26.4 Å². The molecule has 2 amide bonds. The molecule has 18 atom stereocenters. The molecule has 2 aliphatic rings. The fourth-order valence-corrected chi connectivity index (χ4v) is 15.9. The van der Waals surface area contributed by atoms with Crippen molar-refractivity contribution >= 4 is 178 Å². The molecule has 2 rings (SSSR count). The Morgan fingerprint density at radius 1 is 0.270 bits per heavy atom. The maximum absolute atomic E-state index is 13.9. The van der Waals surface area contributed by atoms with Crippen LogP contribution in [0.2, 0.25) is 0 Å². The van der Waals surface area contributed by atoms with Crippen LogP contribution >= 0.6 is 0 Å². The van der Waals surface area contributed by atoms with Crippen LogP contribution in [0.15, 0.2) is 0 Å². The van der Waals surface area contributed by atoms with E-state index in [-0.39, 0.29) is 0 Å². The first-order valence-corrected chi connectivity index (χ1v) is 48.1. The molecule has 0 aromatic heterocycles. The van der Waals surface area contributed by atoms with Crippen molar-refractivity contribution < 1.29 is 303 Å². The molecular formula is C27H50N2O70S16. The van der Waals surface area contributed by atoms with Crippen LogP contribution in [-0.2, 0) is 262 Å². The molecule has 0 saturated carbocycles. The van der Waals surface area contributed by atoms with E-state index in [0.717, 1.165) is 0 Å². The summed E-state index contributed by atoms with van der Waals surface area (Å²) >= 11 is 0. The number of carbonyl (C=O) groups is 2. The molecule has 115 heavy (non-hydrogen) atoms. The number of nitrogens with one attached hydrogen (secondary N) is 2. The van der Waals surface area contributed by atoms with Crippen molar-refractivity contribution in [1.29, 1.82) is 0 Å². The number of rotatable bonds is 52. The molecule has 2 fully saturated rings. The Hall–Kier alpha value is -3.30. The Kier molecular flexibility index (Phi) is 37.8. The summed E-state index contributed by atoms with van der Waals surface area (Å²) in [6.07, 6.45) is -69.3. The lowest BCUT2D eigenvalue weighted by Gasteiger charge is -2.43. The Labute approximate surface area is 643 Å². The second-order valence-corrected chi connectivity index (χ2v) is 36.9. The quantitative estimate of drug-likeness (QED) is 0.0199. The molecule has 0 unspecified atom stereocenters. The van der Waals surface area contributed by atoms with Crippen LogP contribution in [-0.4, -0.2) is 369 Å². The van der Waals surface area contributed by atoms with Crippen molar-refractivity contribution in [2.75, 3.05) is 39.5 Å². The van der Waals surface area contributed by atoms with Gasteiger partial charge >= 0.3 is 166 Å². The van der Waals surface area contributed by atoms with Gasteiger partial charge in [-0.2, -0.15) is 135 Å². The predicted octanol–water partition coefficient (Wildman–Crippen LogP) is -14.6. The minimum absolute atomic E-state index is 1.30. The molecule has 88 heteroatoms. The molecule has 2 heterocycles. The lowest BCUT2D eigenvalue weighted by Crippen LogP contribution is -2.63.